The van der Waals surface area contributed by atoms with Crippen molar-refractivity contribution in [2.24, 2.45) is 0 Å². The van der Waals surface area contributed by atoms with Crippen LogP contribution in [0, 0.1) is 0 Å². The van der Waals surface area contributed by atoms with Crippen LogP contribution in [0.4, 0.5) is 0 Å². The molecule has 0 atom stereocenters. The highest BCUT2D eigenvalue weighted by Gasteiger charge is 2.22. The third kappa shape index (κ3) is 4.77. The smallest absolute Gasteiger partial charge is 0.338 e. The average molecular weight is 321 g/mol. The quantitative estimate of drug-likeness (QED) is 0.630. The summed E-state index contributed by atoms with van der Waals surface area (Å²) in [5, 5.41) is 0. The Morgan fingerprint density at radius 2 is 1.90 bits per heavy atom. The molecule has 1 aromatic carbocycles. The van der Waals surface area contributed by atoms with Crippen LogP contribution in [0.3, 0.4) is 0 Å². The summed E-state index contributed by atoms with van der Waals surface area (Å²) in [5.74, 6) is -0.608. The van der Waals surface area contributed by atoms with E-state index in [9.17, 15) is 13.2 Å². The van der Waals surface area contributed by atoms with Crippen molar-refractivity contribution in [2.75, 3.05) is 7.11 Å². The fourth-order valence-electron chi connectivity index (χ4n) is 1.52. The second-order valence-electron chi connectivity index (χ2n) is 5.20. The SMILES string of the molecule is COCc1ccc(C(=O)OC(C)(C)C)cc1S(=O)(=O)Cl. The van der Waals surface area contributed by atoms with E-state index in [0.717, 1.165) is 0 Å². The molecule has 1 aromatic rings. The van der Waals surface area contributed by atoms with Crippen molar-refractivity contribution < 1.29 is 22.7 Å². The molecule has 112 valence electrons. The van der Waals surface area contributed by atoms with Crippen LogP contribution >= 0.6 is 10.7 Å². The monoisotopic (exact) mass is 320 g/mol. The van der Waals surface area contributed by atoms with Crippen molar-refractivity contribution in [1.29, 1.82) is 0 Å². The zero-order chi connectivity index (χ0) is 15.6. The molecule has 0 bridgehead atoms. The summed E-state index contributed by atoms with van der Waals surface area (Å²) in [5.41, 5.74) is -0.156. The van der Waals surface area contributed by atoms with Gasteiger partial charge in [0.1, 0.15) is 5.60 Å². The van der Waals surface area contributed by atoms with Gasteiger partial charge in [0, 0.05) is 17.8 Å². The lowest BCUT2D eigenvalue weighted by molar-refractivity contribution is 0.00691. The van der Waals surface area contributed by atoms with Gasteiger partial charge in [0.05, 0.1) is 17.1 Å². The van der Waals surface area contributed by atoms with Crippen molar-refractivity contribution in [3.63, 3.8) is 0 Å². The van der Waals surface area contributed by atoms with Crippen LogP contribution in [0.1, 0.15) is 36.7 Å². The predicted molar refractivity (Wildman–Crippen MR) is 75.4 cm³/mol. The van der Waals surface area contributed by atoms with Gasteiger partial charge in [-0.05, 0) is 38.5 Å². The number of halogens is 1. The van der Waals surface area contributed by atoms with Crippen LogP contribution in [-0.2, 0) is 25.1 Å². The van der Waals surface area contributed by atoms with E-state index in [1.807, 2.05) is 0 Å². The molecule has 0 aliphatic rings. The van der Waals surface area contributed by atoms with Crippen molar-refractivity contribution in [3.8, 4) is 0 Å². The minimum absolute atomic E-state index is 0.0792. The topological polar surface area (TPSA) is 69.7 Å². The second-order valence-corrected chi connectivity index (χ2v) is 7.73. The Morgan fingerprint density at radius 1 is 1.30 bits per heavy atom. The van der Waals surface area contributed by atoms with Gasteiger partial charge in [-0.3, -0.25) is 0 Å². The van der Waals surface area contributed by atoms with Crippen LogP contribution in [0.5, 0.6) is 0 Å². The Hall–Kier alpha value is -1.11. The minimum Gasteiger partial charge on any atom is -0.456 e. The van der Waals surface area contributed by atoms with Gasteiger partial charge >= 0.3 is 5.97 Å². The molecule has 0 unspecified atom stereocenters. The number of hydrogen-bond acceptors (Lipinski definition) is 5. The molecule has 7 heteroatoms. The van der Waals surface area contributed by atoms with Gasteiger partial charge in [0.25, 0.3) is 9.05 Å². The Balaban J connectivity index is 3.23. The summed E-state index contributed by atoms with van der Waals surface area (Å²) in [6.07, 6.45) is 0. The van der Waals surface area contributed by atoms with E-state index < -0.39 is 20.6 Å². The van der Waals surface area contributed by atoms with Crippen LogP contribution < -0.4 is 0 Å². The Labute approximate surface area is 123 Å². The van der Waals surface area contributed by atoms with E-state index in [1.54, 1.807) is 20.8 Å². The van der Waals surface area contributed by atoms with Crippen molar-refractivity contribution in [1.82, 2.24) is 0 Å². The first kappa shape index (κ1) is 16.9. The highest BCUT2D eigenvalue weighted by molar-refractivity contribution is 8.13. The van der Waals surface area contributed by atoms with Crippen molar-refractivity contribution >= 4 is 25.7 Å². The first-order valence-electron chi connectivity index (χ1n) is 5.84. The number of ether oxygens (including phenoxy) is 2. The molecule has 5 nitrogen and oxygen atoms in total. The van der Waals surface area contributed by atoms with Gasteiger partial charge in [-0.25, -0.2) is 13.2 Å². The third-order valence-corrected chi connectivity index (χ3v) is 3.67. The van der Waals surface area contributed by atoms with Gasteiger partial charge in [0.2, 0.25) is 0 Å². The largest absolute Gasteiger partial charge is 0.456 e. The van der Waals surface area contributed by atoms with E-state index >= 15 is 0 Å². The number of methoxy groups -OCH3 is 1. The second kappa shape index (κ2) is 6.11. The predicted octanol–water partition coefficient (Wildman–Crippen LogP) is 2.72. The van der Waals surface area contributed by atoms with E-state index in [-0.39, 0.29) is 17.1 Å². The summed E-state index contributed by atoms with van der Waals surface area (Å²) < 4.78 is 33.2. The number of esters is 1. The molecule has 0 radical (unpaired) electrons. The van der Waals surface area contributed by atoms with Gasteiger partial charge in [-0.2, -0.15) is 0 Å². The molecule has 0 fully saturated rings. The van der Waals surface area contributed by atoms with Gasteiger partial charge in [0.15, 0.2) is 0 Å². The maximum absolute atomic E-state index is 11.9. The fourth-order valence-corrected chi connectivity index (χ4v) is 2.66. The number of benzene rings is 1. The maximum atomic E-state index is 11.9. The molecule has 0 saturated heterocycles. The standard InChI is InChI=1S/C13H17ClO5S/c1-13(2,3)19-12(15)9-5-6-10(8-18-4)11(7-9)20(14,16)17/h5-7H,8H2,1-4H3. The first-order valence-corrected chi connectivity index (χ1v) is 8.15. The van der Waals surface area contributed by atoms with Gasteiger partial charge in [-0.15, -0.1) is 0 Å². The molecule has 20 heavy (non-hydrogen) atoms. The summed E-state index contributed by atoms with van der Waals surface area (Å²) in [6, 6.07) is 4.16. The number of carbonyl (C=O) groups excluding carboxylic acids is 1. The fraction of sp³-hybridized carbons (Fsp3) is 0.462. The molecule has 0 aliphatic heterocycles. The lowest BCUT2D eigenvalue weighted by Crippen LogP contribution is -2.24. The van der Waals surface area contributed by atoms with Crippen molar-refractivity contribution in [2.45, 2.75) is 37.9 Å². The van der Waals surface area contributed by atoms with E-state index in [4.69, 9.17) is 20.2 Å². The molecule has 0 spiro atoms. The molecular formula is C13H17ClO5S. The summed E-state index contributed by atoms with van der Waals surface area (Å²) >= 11 is 0. The molecule has 1 rings (SSSR count). The molecule has 0 amide bonds. The van der Waals surface area contributed by atoms with Crippen LogP contribution in [-0.4, -0.2) is 27.1 Å². The molecule has 0 aromatic heterocycles. The third-order valence-electron chi connectivity index (χ3n) is 2.26. The van der Waals surface area contributed by atoms with E-state index in [0.29, 0.717) is 5.56 Å². The molecule has 0 heterocycles. The van der Waals surface area contributed by atoms with Crippen molar-refractivity contribution in [3.05, 3.63) is 29.3 Å². The van der Waals surface area contributed by atoms with Crippen LogP contribution in [0.15, 0.2) is 23.1 Å². The van der Waals surface area contributed by atoms with Gasteiger partial charge < -0.3 is 9.47 Å². The molecular weight excluding hydrogens is 304 g/mol. The lowest BCUT2D eigenvalue weighted by atomic mass is 10.1. The lowest BCUT2D eigenvalue weighted by Gasteiger charge is -2.19. The van der Waals surface area contributed by atoms with Crippen LogP contribution in [0.25, 0.3) is 0 Å². The Kier molecular flexibility index (Phi) is 5.18. The maximum Gasteiger partial charge on any atom is 0.338 e. The van der Waals surface area contributed by atoms with E-state index in [2.05, 4.69) is 0 Å². The van der Waals surface area contributed by atoms with Gasteiger partial charge in [-0.1, -0.05) is 6.07 Å². The Bertz CT molecular complexity index is 602. The molecule has 0 aliphatic carbocycles. The number of hydrogen-bond donors (Lipinski definition) is 0. The summed E-state index contributed by atoms with van der Waals surface area (Å²) in [4.78, 5) is 11.8. The highest BCUT2D eigenvalue weighted by Crippen LogP contribution is 2.23. The van der Waals surface area contributed by atoms with E-state index in [1.165, 1.54) is 25.3 Å². The number of carbonyl (C=O) groups is 1. The molecule has 0 N–H and O–H groups in total. The summed E-state index contributed by atoms with van der Waals surface area (Å²) in [7, 11) is 2.84. The number of rotatable bonds is 4. The zero-order valence-corrected chi connectivity index (χ0v) is 13.3. The highest BCUT2D eigenvalue weighted by atomic mass is 35.7. The normalized spacial score (nSPS) is 12.2. The average Bonchev–Trinajstić information content (AvgIpc) is 2.26. The first-order chi connectivity index (χ1) is 9.04. The summed E-state index contributed by atoms with van der Waals surface area (Å²) in [6.45, 7) is 5.26. The Morgan fingerprint density at radius 3 is 2.35 bits per heavy atom. The zero-order valence-electron chi connectivity index (χ0n) is 11.8. The van der Waals surface area contributed by atoms with Crippen LogP contribution in [0.2, 0.25) is 0 Å². The molecule has 0 saturated carbocycles. The minimum atomic E-state index is -3.97.